The van der Waals surface area contributed by atoms with E-state index in [0.717, 1.165) is 0 Å². The van der Waals surface area contributed by atoms with E-state index in [0.29, 0.717) is 57.1 Å². The fourth-order valence-electron chi connectivity index (χ4n) is 4.05. The quantitative estimate of drug-likeness (QED) is 0.684. The van der Waals surface area contributed by atoms with Crippen LogP contribution >= 0.6 is 0 Å². The summed E-state index contributed by atoms with van der Waals surface area (Å²) in [6, 6.07) is 7.41. The van der Waals surface area contributed by atoms with E-state index in [-0.39, 0.29) is 30.1 Å². The number of anilines is 1. The zero-order valence-corrected chi connectivity index (χ0v) is 17.5. The number of nitrogens with zero attached hydrogens (tertiary/aromatic N) is 2. The molecule has 2 aliphatic rings. The Morgan fingerprint density at radius 2 is 1.83 bits per heavy atom. The number of hydrogen-bond donors (Lipinski definition) is 0. The van der Waals surface area contributed by atoms with E-state index in [2.05, 4.69) is 0 Å². The molecule has 0 unspecified atom stereocenters. The topological polar surface area (TPSA) is 76.2 Å². The Labute approximate surface area is 171 Å². The summed E-state index contributed by atoms with van der Waals surface area (Å²) >= 11 is 0. The number of esters is 1. The Bertz CT molecular complexity index is 770. The van der Waals surface area contributed by atoms with Crippen LogP contribution in [0.25, 0.3) is 0 Å². The predicted molar refractivity (Wildman–Crippen MR) is 109 cm³/mol. The summed E-state index contributed by atoms with van der Waals surface area (Å²) < 4.78 is 10.8. The molecule has 0 saturated carbocycles. The maximum absolute atomic E-state index is 13.0. The van der Waals surface area contributed by atoms with Gasteiger partial charge < -0.3 is 19.3 Å². The maximum Gasteiger partial charge on any atom is 0.311 e. The lowest BCUT2D eigenvalue weighted by Crippen LogP contribution is -2.47. The van der Waals surface area contributed by atoms with E-state index in [1.54, 1.807) is 16.7 Å². The molecule has 0 aromatic heterocycles. The minimum Gasteiger partial charge on any atom is -0.492 e. The van der Waals surface area contributed by atoms with Crippen molar-refractivity contribution in [2.45, 2.75) is 40.0 Å². The summed E-state index contributed by atoms with van der Waals surface area (Å²) in [5, 5.41) is 0. The molecule has 0 bridgehead atoms. The average molecular weight is 402 g/mol. The molecule has 3 rings (SSSR count). The number of carbonyl (C=O) groups excluding carboxylic acids is 3. The van der Waals surface area contributed by atoms with Crippen LogP contribution in [-0.4, -0.2) is 55.5 Å². The molecule has 158 valence electrons. The maximum atomic E-state index is 13.0. The molecule has 0 aliphatic carbocycles. The van der Waals surface area contributed by atoms with Gasteiger partial charge in [-0.05, 0) is 45.7 Å². The summed E-state index contributed by atoms with van der Waals surface area (Å²) in [4.78, 5) is 41.3. The van der Waals surface area contributed by atoms with Gasteiger partial charge in [0.25, 0.3) is 0 Å². The molecule has 2 heterocycles. The zero-order chi connectivity index (χ0) is 21.0. The minimum absolute atomic E-state index is 0.0133. The number of para-hydroxylation sites is 2. The van der Waals surface area contributed by atoms with Gasteiger partial charge in [0.05, 0.1) is 30.2 Å². The normalized spacial score (nSPS) is 21.2. The number of hydrogen-bond acceptors (Lipinski definition) is 5. The van der Waals surface area contributed by atoms with Crippen molar-refractivity contribution in [3.8, 4) is 5.75 Å². The van der Waals surface area contributed by atoms with Gasteiger partial charge >= 0.3 is 5.97 Å². The molecule has 2 aliphatic heterocycles. The highest BCUT2D eigenvalue weighted by molar-refractivity contribution is 6.01. The van der Waals surface area contributed by atoms with Gasteiger partial charge in [-0.25, -0.2) is 0 Å². The van der Waals surface area contributed by atoms with Crippen molar-refractivity contribution in [3.63, 3.8) is 0 Å². The van der Waals surface area contributed by atoms with Crippen LogP contribution in [0.1, 0.15) is 40.0 Å². The van der Waals surface area contributed by atoms with Gasteiger partial charge in [-0.1, -0.05) is 12.1 Å². The predicted octanol–water partition coefficient (Wildman–Crippen LogP) is 2.63. The molecule has 0 radical (unpaired) electrons. The Morgan fingerprint density at radius 1 is 1.14 bits per heavy atom. The summed E-state index contributed by atoms with van der Waals surface area (Å²) in [6.45, 7) is 7.84. The summed E-state index contributed by atoms with van der Waals surface area (Å²) in [5.74, 6) is 0.00938. The smallest absolute Gasteiger partial charge is 0.311 e. The highest BCUT2D eigenvalue weighted by atomic mass is 16.5. The number of ether oxygens (including phenoxy) is 2. The van der Waals surface area contributed by atoms with Crippen LogP contribution < -0.4 is 9.64 Å². The molecule has 0 N–H and O–H groups in total. The van der Waals surface area contributed by atoms with Gasteiger partial charge in [-0.15, -0.1) is 0 Å². The molecule has 7 heteroatoms. The monoisotopic (exact) mass is 402 g/mol. The van der Waals surface area contributed by atoms with E-state index in [1.807, 2.05) is 38.1 Å². The first-order valence-electron chi connectivity index (χ1n) is 10.4. The first-order chi connectivity index (χ1) is 13.9. The second kappa shape index (κ2) is 8.84. The number of carbonyl (C=O) groups is 3. The molecule has 29 heavy (non-hydrogen) atoms. The van der Waals surface area contributed by atoms with Crippen LogP contribution in [0.3, 0.4) is 0 Å². The highest BCUT2D eigenvalue weighted by Crippen LogP contribution is 2.36. The fraction of sp³-hybridized carbons (Fsp3) is 0.591. The van der Waals surface area contributed by atoms with Crippen LogP contribution in [0.5, 0.6) is 5.75 Å². The van der Waals surface area contributed by atoms with Crippen LogP contribution in [0.2, 0.25) is 0 Å². The van der Waals surface area contributed by atoms with Gasteiger partial charge in [-0.3, -0.25) is 14.4 Å². The Hall–Kier alpha value is -2.57. The van der Waals surface area contributed by atoms with E-state index < -0.39 is 5.41 Å². The lowest BCUT2D eigenvalue weighted by atomic mass is 9.80. The average Bonchev–Trinajstić information content (AvgIpc) is 3.10. The third kappa shape index (κ3) is 4.38. The third-order valence-corrected chi connectivity index (χ3v) is 5.88. The van der Waals surface area contributed by atoms with E-state index >= 15 is 0 Å². The van der Waals surface area contributed by atoms with Gasteiger partial charge in [0.2, 0.25) is 11.8 Å². The van der Waals surface area contributed by atoms with Crippen molar-refractivity contribution in [2.75, 3.05) is 37.7 Å². The van der Waals surface area contributed by atoms with Crippen molar-refractivity contribution in [2.24, 2.45) is 11.3 Å². The number of rotatable bonds is 6. The molecule has 0 spiro atoms. The van der Waals surface area contributed by atoms with Crippen molar-refractivity contribution >= 4 is 23.5 Å². The summed E-state index contributed by atoms with van der Waals surface area (Å²) in [5.41, 5.74) is 0.170. The molecule has 1 aromatic carbocycles. The minimum atomic E-state index is -0.541. The number of benzene rings is 1. The second-order valence-electron chi connectivity index (χ2n) is 7.91. The molecular formula is C22H30N2O5. The third-order valence-electron chi connectivity index (χ3n) is 5.88. The summed E-state index contributed by atoms with van der Waals surface area (Å²) in [7, 11) is 0. The lowest BCUT2D eigenvalue weighted by Gasteiger charge is -2.38. The number of likely N-dealkylation sites (tertiary alicyclic amines) is 1. The van der Waals surface area contributed by atoms with Gasteiger partial charge in [0, 0.05) is 26.1 Å². The van der Waals surface area contributed by atoms with Crippen molar-refractivity contribution in [1.29, 1.82) is 0 Å². The molecule has 1 aromatic rings. The molecule has 2 amide bonds. The van der Waals surface area contributed by atoms with Gasteiger partial charge in [-0.2, -0.15) is 0 Å². The van der Waals surface area contributed by atoms with E-state index in [1.165, 1.54) is 0 Å². The molecular weight excluding hydrogens is 372 g/mol. The molecule has 2 saturated heterocycles. The number of amides is 2. The fourth-order valence-corrected chi connectivity index (χ4v) is 4.05. The standard InChI is InChI=1S/C22H30N2O5/c1-4-28-18-9-7-6-8-17(18)24-15-16(14-19(24)25)20(26)23-12-10-22(3,11-13-23)21(27)29-5-2/h6-9,16H,4-5,10-15H2,1-3H3/t16-/m1/s1. The van der Waals surface area contributed by atoms with Crippen molar-refractivity contribution in [3.05, 3.63) is 24.3 Å². The van der Waals surface area contributed by atoms with E-state index in [4.69, 9.17) is 9.47 Å². The number of piperidine rings is 1. The van der Waals surface area contributed by atoms with Crippen LogP contribution in [0.4, 0.5) is 5.69 Å². The van der Waals surface area contributed by atoms with Crippen LogP contribution in [0.15, 0.2) is 24.3 Å². The molecule has 7 nitrogen and oxygen atoms in total. The Morgan fingerprint density at radius 3 is 2.48 bits per heavy atom. The second-order valence-corrected chi connectivity index (χ2v) is 7.91. The largest absolute Gasteiger partial charge is 0.492 e. The zero-order valence-electron chi connectivity index (χ0n) is 17.5. The Kier molecular flexibility index (Phi) is 6.45. The molecule has 2 fully saturated rings. The SMILES string of the molecule is CCOC(=O)C1(C)CCN(C(=O)[C@@H]2CC(=O)N(c3ccccc3OCC)C2)CC1. The van der Waals surface area contributed by atoms with Crippen LogP contribution in [-0.2, 0) is 19.1 Å². The highest BCUT2D eigenvalue weighted by Gasteiger charge is 2.43. The first kappa shape index (κ1) is 21.1. The van der Waals surface area contributed by atoms with Crippen LogP contribution in [0, 0.1) is 11.3 Å². The van der Waals surface area contributed by atoms with Crippen molar-refractivity contribution < 1.29 is 23.9 Å². The lowest BCUT2D eigenvalue weighted by molar-refractivity contribution is -0.159. The first-order valence-corrected chi connectivity index (χ1v) is 10.4. The summed E-state index contributed by atoms with van der Waals surface area (Å²) in [6.07, 6.45) is 1.36. The Balaban J connectivity index is 1.64. The molecule has 1 atom stereocenters. The van der Waals surface area contributed by atoms with Gasteiger partial charge in [0.15, 0.2) is 0 Å². The van der Waals surface area contributed by atoms with E-state index in [9.17, 15) is 14.4 Å². The van der Waals surface area contributed by atoms with Gasteiger partial charge in [0.1, 0.15) is 5.75 Å². The van der Waals surface area contributed by atoms with Crippen molar-refractivity contribution in [1.82, 2.24) is 4.90 Å².